The highest BCUT2D eigenvalue weighted by Gasteiger charge is 2.24. The van der Waals surface area contributed by atoms with Crippen LogP contribution in [0.15, 0.2) is 0 Å². The van der Waals surface area contributed by atoms with E-state index in [1.54, 1.807) is 0 Å². The second-order valence-corrected chi connectivity index (χ2v) is 5.59. The summed E-state index contributed by atoms with van der Waals surface area (Å²) in [6.07, 6.45) is 4.98. The molecule has 2 N–H and O–H groups in total. The van der Waals surface area contributed by atoms with Crippen molar-refractivity contribution in [2.24, 2.45) is 11.8 Å². The largest absolute Gasteiger partial charge is 0.393 e. The minimum absolute atomic E-state index is 0.113. The molecule has 0 amide bonds. The molecule has 0 bridgehead atoms. The zero-order valence-corrected chi connectivity index (χ0v) is 10.5. The van der Waals surface area contributed by atoms with Gasteiger partial charge in [0.15, 0.2) is 0 Å². The smallest absolute Gasteiger partial charge is 0.0541 e. The number of hydrogen-bond acceptors (Lipinski definition) is 3. The number of aliphatic hydroxyl groups excluding tert-OH is 1. The molecule has 0 spiro atoms. The van der Waals surface area contributed by atoms with E-state index in [2.05, 4.69) is 10.2 Å². The van der Waals surface area contributed by atoms with Crippen molar-refractivity contribution < 1.29 is 5.11 Å². The summed E-state index contributed by atoms with van der Waals surface area (Å²) in [5.74, 6) is 1.40. The lowest BCUT2D eigenvalue weighted by Gasteiger charge is -2.36. The average molecular weight is 226 g/mol. The van der Waals surface area contributed by atoms with Gasteiger partial charge in [0.2, 0.25) is 0 Å². The summed E-state index contributed by atoms with van der Waals surface area (Å²) >= 11 is 0. The van der Waals surface area contributed by atoms with E-state index in [1.165, 1.54) is 58.4 Å². The highest BCUT2D eigenvalue weighted by atomic mass is 16.3. The van der Waals surface area contributed by atoms with Crippen molar-refractivity contribution in [3.63, 3.8) is 0 Å². The minimum atomic E-state index is -0.113. The topological polar surface area (TPSA) is 35.5 Å². The van der Waals surface area contributed by atoms with Crippen molar-refractivity contribution in [2.45, 2.75) is 38.7 Å². The van der Waals surface area contributed by atoms with Gasteiger partial charge in [0, 0.05) is 6.54 Å². The summed E-state index contributed by atoms with van der Waals surface area (Å²) < 4.78 is 0. The number of rotatable bonds is 3. The third kappa shape index (κ3) is 3.44. The van der Waals surface area contributed by atoms with Gasteiger partial charge in [-0.2, -0.15) is 0 Å². The molecule has 0 radical (unpaired) electrons. The lowest BCUT2D eigenvalue weighted by Crippen LogP contribution is -2.43. The first-order valence-corrected chi connectivity index (χ1v) is 6.87. The molecule has 2 unspecified atom stereocenters. The molecule has 2 heterocycles. The van der Waals surface area contributed by atoms with Gasteiger partial charge in [0.25, 0.3) is 0 Å². The van der Waals surface area contributed by atoms with Crippen molar-refractivity contribution in [2.75, 3.05) is 32.7 Å². The Bertz CT molecular complexity index is 194. The molecule has 0 aromatic heterocycles. The molecule has 2 fully saturated rings. The third-order valence-corrected chi connectivity index (χ3v) is 4.23. The van der Waals surface area contributed by atoms with Crippen LogP contribution in [0.3, 0.4) is 0 Å². The lowest BCUT2D eigenvalue weighted by molar-refractivity contribution is 0.0647. The predicted molar refractivity (Wildman–Crippen MR) is 66.4 cm³/mol. The molecule has 3 heteroatoms. The maximum atomic E-state index is 9.56. The quantitative estimate of drug-likeness (QED) is 0.756. The number of likely N-dealkylation sites (tertiary alicyclic amines) is 1. The molecule has 16 heavy (non-hydrogen) atoms. The van der Waals surface area contributed by atoms with Gasteiger partial charge in [-0.25, -0.2) is 0 Å². The summed E-state index contributed by atoms with van der Waals surface area (Å²) in [6, 6.07) is 0. The van der Waals surface area contributed by atoms with Gasteiger partial charge < -0.3 is 15.3 Å². The molecule has 2 aliphatic rings. The van der Waals surface area contributed by atoms with Crippen molar-refractivity contribution in [3.05, 3.63) is 0 Å². The van der Waals surface area contributed by atoms with Crippen LogP contribution in [0.5, 0.6) is 0 Å². The Morgan fingerprint density at radius 1 is 1.31 bits per heavy atom. The van der Waals surface area contributed by atoms with E-state index in [0.717, 1.165) is 5.92 Å². The molecular weight excluding hydrogens is 200 g/mol. The van der Waals surface area contributed by atoms with Crippen LogP contribution in [0.25, 0.3) is 0 Å². The van der Waals surface area contributed by atoms with Gasteiger partial charge in [-0.1, -0.05) is 0 Å². The number of aliphatic hydroxyl groups is 1. The van der Waals surface area contributed by atoms with E-state index in [-0.39, 0.29) is 6.10 Å². The predicted octanol–water partition coefficient (Wildman–Crippen LogP) is 1.08. The average Bonchev–Trinajstić information content (AvgIpc) is 2.31. The maximum absolute atomic E-state index is 9.56. The van der Waals surface area contributed by atoms with Crippen molar-refractivity contribution in [1.82, 2.24) is 10.2 Å². The fourth-order valence-electron chi connectivity index (χ4n) is 3.06. The van der Waals surface area contributed by atoms with E-state index in [1.807, 2.05) is 6.92 Å². The Labute approximate surface area is 99.2 Å². The third-order valence-electron chi connectivity index (χ3n) is 4.23. The van der Waals surface area contributed by atoms with Gasteiger partial charge >= 0.3 is 0 Å². The molecule has 0 aromatic carbocycles. The molecule has 3 nitrogen and oxygen atoms in total. The second-order valence-electron chi connectivity index (χ2n) is 5.59. The fraction of sp³-hybridized carbons (Fsp3) is 1.00. The van der Waals surface area contributed by atoms with Crippen LogP contribution in [0, 0.1) is 11.8 Å². The zero-order valence-electron chi connectivity index (χ0n) is 10.5. The van der Waals surface area contributed by atoms with Crippen LogP contribution in [0.2, 0.25) is 0 Å². The zero-order chi connectivity index (χ0) is 11.4. The second kappa shape index (κ2) is 5.99. The van der Waals surface area contributed by atoms with Crippen molar-refractivity contribution in [3.8, 4) is 0 Å². The first-order valence-electron chi connectivity index (χ1n) is 6.87. The van der Waals surface area contributed by atoms with Crippen LogP contribution >= 0.6 is 0 Å². The Morgan fingerprint density at radius 2 is 2.06 bits per heavy atom. The highest BCUT2D eigenvalue weighted by molar-refractivity contribution is 4.79. The minimum Gasteiger partial charge on any atom is -0.393 e. The first kappa shape index (κ1) is 12.3. The molecule has 2 aliphatic heterocycles. The summed E-state index contributed by atoms with van der Waals surface area (Å²) in [7, 11) is 0. The van der Waals surface area contributed by atoms with E-state index in [9.17, 15) is 5.11 Å². The molecule has 0 aliphatic carbocycles. The van der Waals surface area contributed by atoms with Crippen LogP contribution < -0.4 is 5.32 Å². The van der Waals surface area contributed by atoms with E-state index in [4.69, 9.17) is 0 Å². The van der Waals surface area contributed by atoms with Crippen molar-refractivity contribution in [1.29, 1.82) is 0 Å². The number of nitrogens with one attached hydrogen (secondary N) is 1. The molecule has 2 saturated heterocycles. The van der Waals surface area contributed by atoms with Crippen LogP contribution in [0.1, 0.15) is 32.6 Å². The highest BCUT2D eigenvalue weighted by Crippen LogP contribution is 2.22. The molecule has 2 rings (SSSR count). The van der Waals surface area contributed by atoms with Gasteiger partial charge in [-0.3, -0.25) is 0 Å². The van der Waals surface area contributed by atoms with E-state index in [0.29, 0.717) is 5.92 Å². The van der Waals surface area contributed by atoms with Gasteiger partial charge in [0.05, 0.1) is 6.10 Å². The summed E-state index contributed by atoms with van der Waals surface area (Å²) in [5, 5.41) is 13.0. The normalized spacial score (nSPS) is 31.5. The SMILES string of the molecule is CC(O)C1CCN(CC2CCCNC2)CC1. The van der Waals surface area contributed by atoms with Gasteiger partial charge in [0.1, 0.15) is 0 Å². The Balaban J connectivity index is 1.68. The van der Waals surface area contributed by atoms with Crippen LogP contribution in [-0.2, 0) is 0 Å². The van der Waals surface area contributed by atoms with E-state index < -0.39 is 0 Å². The molecule has 2 atom stereocenters. The Morgan fingerprint density at radius 3 is 2.62 bits per heavy atom. The molecular formula is C13H26N2O. The Hall–Kier alpha value is -0.120. The summed E-state index contributed by atoms with van der Waals surface area (Å²) in [4.78, 5) is 2.59. The van der Waals surface area contributed by atoms with Crippen molar-refractivity contribution >= 4 is 0 Å². The number of piperidine rings is 2. The lowest BCUT2D eigenvalue weighted by atomic mass is 9.91. The standard InChI is InChI=1S/C13H26N2O/c1-11(16)13-4-7-15(8-5-13)10-12-3-2-6-14-9-12/h11-14,16H,2-10H2,1H3. The fourth-order valence-corrected chi connectivity index (χ4v) is 3.06. The van der Waals surface area contributed by atoms with Gasteiger partial charge in [-0.05, 0) is 70.6 Å². The summed E-state index contributed by atoms with van der Waals surface area (Å²) in [6.45, 7) is 7.99. The monoisotopic (exact) mass is 226 g/mol. The van der Waals surface area contributed by atoms with Gasteiger partial charge in [-0.15, -0.1) is 0 Å². The molecule has 0 saturated carbocycles. The molecule has 0 aromatic rings. The van der Waals surface area contributed by atoms with Crippen LogP contribution in [-0.4, -0.2) is 48.8 Å². The Kier molecular flexibility index (Phi) is 4.62. The number of nitrogens with zero attached hydrogens (tertiary/aromatic N) is 1. The number of hydrogen-bond donors (Lipinski definition) is 2. The van der Waals surface area contributed by atoms with Crippen LogP contribution in [0.4, 0.5) is 0 Å². The molecule has 94 valence electrons. The maximum Gasteiger partial charge on any atom is 0.0541 e. The van der Waals surface area contributed by atoms with E-state index >= 15 is 0 Å². The summed E-state index contributed by atoms with van der Waals surface area (Å²) in [5.41, 5.74) is 0. The first-order chi connectivity index (χ1) is 7.75.